The van der Waals surface area contributed by atoms with Crippen LogP contribution in [0.1, 0.15) is 30.9 Å². The molecule has 2 aromatic carbocycles. The molecule has 5 rings (SSSR count). The summed E-state index contributed by atoms with van der Waals surface area (Å²) in [6.07, 6.45) is 3.29. The van der Waals surface area contributed by atoms with Gasteiger partial charge in [-0.2, -0.15) is 0 Å². The van der Waals surface area contributed by atoms with Gasteiger partial charge in [-0.1, -0.05) is 48.5 Å². The number of hydrogen-bond donors (Lipinski definition) is 4. The quantitative estimate of drug-likeness (QED) is 0.332. The van der Waals surface area contributed by atoms with Gasteiger partial charge in [-0.25, -0.2) is 0 Å². The molecule has 0 bridgehead atoms. The molecule has 5 amide bonds. The van der Waals surface area contributed by atoms with Crippen LogP contribution >= 0.6 is 0 Å². The average molecular weight is 631 g/mol. The molecule has 4 N–H and O–H groups in total. The van der Waals surface area contributed by atoms with E-state index in [1.807, 2.05) is 60.8 Å². The van der Waals surface area contributed by atoms with Crippen molar-refractivity contribution in [3.8, 4) is 0 Å². The number of aromatic amines is 1. The Hall–Kier alpha value is -4.71. The Morgan fingerprint density at radius 2 is 1.61 bits per heavy atom. The Balaban J connectivity index is 1.44. The highest BCUT2D eigenvalue weighted by molar-refractivity contribution is 5.95. The second kappa shape index (κ2) is 15.0. The summed E-state index contributed by atoms with van der Waals surface area (Å²) in [4.78, 5) is 74.0. The third kappa shape index (κ3) is 7.92. The van der Waals surface area contributed by atoms with Crippen LogP contribution in [0.15, 0.2) is 60.8 Å². The number of fused-ring (bicyclic) bond motifs is 1. The molecule has 12 heteroatoms. The number of nitrogens with one attached hydrogen (secondary N) is 4. The number of hydrogen-bond acceptors (Lipinski definition) is 6. The smallest absolute Gasteiger partial charge is 0.245 e. The summed E-state index contributed by atoms with van der Waals surface area (Å²) < 4.78 is 5.43. The Bertz CT molecular complexity index is 1550. The van der Waals surface area contributed by atoms with Crippen LogP contribution in [0.2, 0.25) is 0 Å². The van der Waals surface area contributed by atoms with Crippen molar-refractivity contribution < 1.29 is 28.7 Å². The van der Waals surface area contributed by atoms with Crippen molar-refractivity contribution in [2.45, 2.75) is 50.7 Å². The van der Waals surface area contributed by atoms with Crippen LogP contribution in [0.3, 0.4) is 0 Å². The molecule has 244 valence electrons. The summed E-state index contributed by atoms with van der Waals surface area (Å²) >= 11 is 0. The number of para-hydroxylation sites is 1. The van der Waals surface area contributed by atoms with Gasteiger partial charge in [-0.05, 0) is 37.0 Å². The number of aromatic nitrogens is 1. The lowest BCUT2D eigenvalue weighted by molar-refractivity contribution is -0.143. The van der Waals surface area contributed by atoms with Gasteiger partial charge in [0.25, 0.3) is 0 Å². The topological polar surface area (TPSA) is 153 Å². The molecule has 3 atom stereocenters. The van der Waals surface area contributed by atoms with Crippen LogP contribution in [-0.2, 0) is 41.6 Å². The zero-order valence-corrected chi connectivity index (χ0v) is 26.3. The highest BCUT2D eigenvalue weighted by Gasteiger charge is 2.34. The predicted molar refractivity (Wildman–Crippen MR) is 171 cm³/mol. The molecule has 12 nitrogen and oxygen atoms in total. The van der Waals surface area contributed by atoms with Crippen molar-refractivity contribution in [2.75, 3.05) is 39.9 Å². The van der Waals surface area contributed by atoms with E-state index in [0.717, 1.165) is 22.0 Å². The molecular formula is C34H42N6O6. The molecule has 1 aromatic heterocycles. The number of carbonyl (C=O) groups is 5. The number of carbonyl (C=O) groups excluding carboxylic acids is 5. The maximum atomic E-state index is 14.0. The first kappa shape index (κ1) is 32.7. The summed E-state index contributed by atoms with van der Waals surface area (Å²) in [5, 5.41) is 9.46. The van der Waals surface area contributed by atoms with Crippen LogP contribution in [0.25, 0.3) is 10.9 Å². The van der Waals surface area contributed by atoms with Gasteiger partial charge in [-0.15, -0.1) is 0 Å². The van der Waals surface area contributed by atoms with E-state index in [0.29, 0.717) is 26.1 Å². The fourth-order valence-corrected chi connectivity index (χ4v) is 6.00. The predicted octanol–water partition coefficient (Wildman–Crippen LogP) is 1.15. The van der Waals surface area contributed by atoms with E-state index in [1.54, 1.807) is 6.92 Å². The lowest BCUT2D eigenvalue weighted by atomic mass is 9.98. The van der Waals surface area contributed by atoms with Crippen LogP contribution in [0.5, 0.6) is 0 Å². The van der Waals surface area contributed by atoms with Crippen LogP contribution in [-0.4, -0.2) is 102 Å². The fourth-order valence-electron chi connectivity index (χ4n) is 6.00. The van der Waals surface area contributed by atoms with Gasteiger partial charge in [0, 0.05) is 69.2 Å². The van der Waals surface area contributed by atoms with E-state index in [1.165, 1.54) is 16.8 Å². The lowest BCUT2D eigenvalue weighted by Crippen LogP contribution is -2.57. The normalized spacial score (nSPS) is 22.9. The number of likely N-dealkylation sites (N-methyl/N-ethyl adjacent to an activating group) is 1. The first-order chi connectivity index (χ1) is 22.2. The summed E-state index contributed by atoms with van der Waals surface area (Å²) in [5.41, 5.74) is 2.57. The summed E-state index contributed by atoms with van der Waals surface area (Å²) in [7, 11) is 1.51. The number of H-pyrrole nitrogens is 1. The summed E-state index contributed by atoms with van der Waals surface area (Å²) in [5.74, 6) is -2.41. The Morgan fingerprint density at radius 3 is 2.37 bits per heavy atom. The van der Waals surface area contributed by atoms with Crippen molar-refractivity contribution in [1.82, 2.24) is 30.7 Å². The Kier molecular flexibility index (Phi) is 10.7. The van der Waals surface area contributed by atoms with Crippen molar-refractivity contribution in [3.05, 3.63) is 71.9 Å². The first-order valence-electron chi connectivity index (χ1n) is 15.8. The largest absolute Gasteiger partial charge is 0.381 e. The maximum absolute atomic E-state index is 14.0. The van der Waals surface area contributed by atoms with Crippen molar-refractivity contribution in [3.63, 3.8) is 0 Å². The van der Waals surface area contributed by atoms with E-state index in [4.69, 9.17) is 4.74 Å². The van der Waals surface area contributed by atoms with Gasteiger partial charge in [0.2, 0.25) is 29.5 Å². The van der Waals surface area contributed by atoms with E-state index in [-0.39, 0.29) is 44.3 Å². The minimum Gasteiger partial charge on any atom is -0.381 e. The van der Waals surface area contributed by atoms with Crippen LogP contribution < -0.4 is 16.0 Å². The average Bonchev–Trinajstić information content (AvgIpc) is 3.48. The van der Waals surface area contributed by atoms with Gasteiger partial charge in [0.15, 0.2) is 0 Å². The van der Waals surface area contributed by atoms with Crippen LogP contribution in [0, 0.1) is 5.92 Å². The molecular weight excluding hydrogens is 588 g/mol. The van der Waals surface area contributed by atoms with Gasteiger partial charge in [0.05, 0.1) is 6.54 Å². The highest BCUT2D eigenvalue weighted by atomic mass is 16.5. The molecule has 0 radical (unpaired) electrons. The zero-order valence-electron chi connectivity index (χ0n) is 26.3. The monoisotopic (exact) mass is 630 g/mol. The fraction of sp³-hybridized carbons (Fsp3) is 0.441. The first-order valence-corrected chi connectivity index (χ1v) is 15.8. The van der Waals surface area contributed by atoms with E-state index in [2.05, 4.69) is 20.9 Å². The maximum Gasteiger partial charge on any atom is 0.245 e. The van der Waals surface area contributed by atoms with Crippen molar-refractivity contribution in [2.24, 2.45) is 5.92 Å². The molecule has 0 unspecified atom stereocenters. The summed E-state index contributed by atoms with van der Waals surface area (Å²) in [6, 6.07) is 14.1. The molecule has 0 spiro atoms. The Labute approximate surface area is 268 Å². The standard InChI is InChI=1S/C34H42N6O6/c1-22-31(42)38-28(18-23-8-4-3-5-9-23)32(43)35-14-15-40(33(44)24-12-16-46-17-13-24)21-30(41)37-29(34(45)39(22)2)19-25-20-36-27-11-7-6-10-26(25)27/h3-11,20,22,24,28-29,36H,12-19,21H2,1-2H3,(H,35,43)(H,37,41)(H,38,42)/t22-,28-,29-/m0/s1. The molecule has 3 heterocycles. The molecule has 0 aliphatic carbocycles. The number of nitrogens with zero attached hydrogens (tertiary/aromatic N) is 2. The molecule has 46 heavy (non-hydrogen) atoms. The number of amides is 5. The third-order valence-corrected chi connectivity index (χ3v) is 8.85. The van der Waals surface area contributed by atoms with Gasteiger partial charge < -0.3 is 35.5 Å². The van der Waals surface area contributed by atoms with E-state index < -0.39 is 41.8 Å². The highest BCUT2D eigenvalue weighted by Crippen LogP contribution is 2.21. The lowest BCUT2D eigenvalue weighted by Gasteiger charge is -2.31. The van der Waals surface area contributed by atoms with E-state index >= 15 is 0 Å². The zero-order chi connectivity index (χ0) is 32.6. The van der Waals surface area contributed by atoms with Gasteiger partial charge >= 0.3 is 0 Å². The second-order valence-electron chi connectivity index (χ2n) is 12.0. The minimum atomic E-state index is -1.02. The Morgan fingerprint density at radius 1 is 0.891 bits per heavy atom. The van der Waals surface area contributed by atoms with Crippen molar-refractivity contribution in [1.29, 1.82) is 0 Å². The van der Waals surface area contributed by atoms with Gasteiger partial charge in [-0.3, -0.25) is 24.0 Å². The SMILES string of the molecule is C[C@H]1C(=O)N[C@@H](Cc2ccccc2)C(=O)NCCN(C(=O)C2CCOCC2)CC(=O)N[C@@H](Cc2c[nH]c3ccccc23)C(=O)N1C. The van der Waals surface area contributed by atoms with Crippen LogP contribution in [0.4, 0.5) is 0 Å². The van der Waals surface area contributed by atoms with E-state index in [9.17, 15) is 24.0 Å². The van der Waals surface area contributed by atoms with Gasteiger partial charge in [0.1, 0.15) is 18.1 Å². The minimum absolute atomic E-state index is 0.0788. The molecule has 3 aromatic rings. The molecule has 2 aliphatic heterocycles. The molecule has 2 saturated heterocycles. The summed E-state index contributed by atoms with van der Waals surface area (Å²) in [6.45, 7) is 2.38. The molecule has 2 fully saturated rings. The number of rotatable bonds is 5. The third-order valence-electron chi connectivity index (χ3n) is 8.85. The second-order valence-corrected chi connectivity index (χ2v) is 12.0. The molecule has 0 saturated carbocycles. The number of ether oxygens (including phenoxy) is 1. The number of benzene rings is 2. The molecule has 2 aliphatic rings. The van der Waals surface area contributed by atoms with Crippen molar-refractivity contribution >= 4 is 40.4 Å².